The van der Waals surface area contributed by atoms with Gasteiger partial charge in [0.2, 0.25) is 11.8 Å². The zero-order chi connectivity index (χ0) is 24.8. The number of carbonyl (C=O) groups excluding carboxylic acids is 2. The Bertz CT molecular complexity index is 1320. The van der Waals surface area contributed by atoms with E-state index in [1.807, 2.05) is 60.0 Å². The van der Waals surface area contributed by atoms with Gasteiger partial charge in [0, 0.05) is 29.5 Å². The SMILES string of the molecule is COc1ccc(-c2nnc(SCC(=O)Nc3ccc(NC(C)=O)cc3)n2-c2ccc(C)cc2)cc1. The average Bonchev–Trinajstić information content (AvgIpc) is 3.28. The van der Waals surface area contributed by atoms with Crippen molar-refractivity contribution in [3.05, 3.63) is 78.4 Å². The first-order valence-corrected chi connectivity index (χ1v) is 11.9. The van der Waals surface area contributed by atoms with Gasteiger partial charge in [-0.3, -0.25) is 14.2 Å². The molecule has 0 unspecified atom stereocenters. The molecule has 0 radical (unpaired) electrons. The minimum Gasteiger partial charge on any atom is -0.497 e. The Hall–Kier alpha value is -4.11. The Morgan fingerprint density at radius 1 is 0.886 bits per heavy atom. The van der Waals surface area contributed by atoms with Gasteiger partial charge in [0.05, 0.1) is 12.9 Å². The molecule has 3 aromatic carbocycles. The summed E-state index contributed by atoms with van der Waals surface area (Å²) in [4.78, 5) is 23.8. The van der Waals surface area contributed by atoms with Crippen molar-refractivity contribution in [2.45, 2.75) is 19.0 Å². The molecule has 0 fully saturated rings. The van der Waals surface area contributed by atoms with Crippen molar-refractivity contribution in [3.8, 4) is 22.8 Å². The molecule has 178 valence electrons. The highest BCUT2D eigenvalue weighted by Crippen LogP contribution is 2.29. The van der Waals surface area contributed by atoms with Crippen molar-refractivity contribution in [3.63, 3.8) is 0 Å². The van der Waals surface area contributed by atoms with E-state index in [9.17, 15) is 9.59 Å². The fourth-order valence-corrected chi connectivity index (χ4v) is 4.14. The van der Waals surface area contributed by atoms with Gasteiger partial charge >= 0.3 is 0 Å². The normalized spacial score (nSPS) is 10.6. The Morgan fingerprint density at radius 3 is 2.11 bits per heavy atom. The molecule has 0 spiro atoms. The molecule has 8 nitrogen and oxygen atoms in total. The lowest BCUT2D eigenvalue weighted by Gasteiger charge is -2.11. The van der Waals surface area contributed by atoms with Crippen molar-refractivity contribution >= 4 is 35.0 Å². The van der Waals surface area contributed by atoms with Crippen LogP contribution in [0.5, 0.6) is 5.75 Å². The molecule has 0 saturated heterocycles. The number of amides is 2. The van der Waals surface area contributed by atoms with Crippen LogP contribution in [0.4, 0.5) is 11.4 Å². The second-order valence-electron chi connectivity index (χ2n) is 7.80. The zero-order valence-electron chi connectivity index (χ0n) is 19.6. The van der Waals surface area contributed by atoms with Crippen molar-refractivity contribution in [1.82, 2.24) is 14.8 Å². The molecular weight excluding hydrogens is 462 g/mol. The second kappa shape index (κ2) is 10.9. The van der Waals surface area contributed by atoms with Gasteiger partial charge in [-0.05, 0) is 67.6 Å². The van der Waals surface area contributed by atoms with Crippen LogP contribution >= 0.6 is 11.8 Å². The Kier molecular flexibility index (Phi) is 7.47. The van der Waals surface area contributed by atoms with Gasteiger partial charge in [0.25, 0.3) is 0 Å². The van der Waals surface area contributed by atoms with E-state index in [-0.39, 0.29) is 17.6 Å². The zero-order valence-corrected chi connectivity index (χ0v) is 20.4. The van der Waals surface area contributed by atoms with E-state index in [4.69, 9.17) is 4.74 Å². The van der Waals surface area contributed by atoms with E-state index in [0.29, 0.717) is 22.4 Å². The summed E-state index contributed by atoms with van der Waals surface area (Å²) in [6, 6.07) is 22.6. The first-order chi connectivity index (χ1) is 16.9. The van der Waals surface area contributed by atoms with E-state index in [2.05, 4.69) is 20.8 Å². The van der Waals surface area contributed by atoms with Crippen LogP contribution in [0.3, 0.4) is 0 Å². The van der Waals surface area contributed by atoms with Crippen molar-refractivity contribution in [2.24, 2.45) is 0 Å². The van der Waals surface area contributed by atoms with E-state index in [0.717, 1.165) is 22.6 Å². The standard InChI is InChI=1S/C26H25N5O3S/c1-17-4-12-22(13-5-17)31-25(19-6-14-23(34-3)15-7-19)29-30-26(31)35-16-24(33)28-21-10-8-20(9-11-21)27-18(2)32/h4-15H,16H2,1-3H3,(H,27,32)(H,28,33). The fraction of sp³-hybridized carbons (Fsp3) is 0.154. The van der Waals surface area contributed by atoms with E-state index < -0.39 is 0 Å². The van der Waals surface area contributed by atoms with Gasteiger partial charge in [-0.15, -0.1) is 10.2 Å². The number of benzene rings is 3. The number of hydrogen-bond donors (Lipinski definition) is 2. The monoisotopic (exact) mass is 487 g/mol. The maximum Gasteiger partial charge on any atom is 0.234 e. The number of thioether (sulfide) groups is 1. The number of aryl methyl sites for hydroxylation is 1. The maximum atomic E-state index is 12.6. The van der Waals surface area contributed by atoms with Crippen molar-refractivity contribution < 1.29 is 14.3 Å². The summed E-state index contributed by atoms with van der Waals surface area (Å²) >= 11 is 1.30. The summed E-state index contributed by atoms with van der Waals surface area (Å²) in [7, 11) is 1.63. The number of methoxy groups -OCH3 is 1. The molecule has 0 aliphatic carbocycles. The van der Waals surface area contributed by atoms with Crippen LogP contribution in [-0.4, -0.2) is 39.4 Å². The molecule has 4 aromatic rings. The number of aromatic nitrogens is 3. The third-order valence-electron chi connectivity index (χ3n) is 5.10. The summed E-state index contributed by atoms with van der Waals surface area (Å²) in [5.74, 6) is 1.26. The predicted molar refractivity (Wildman–Crippen MR) is 138 cm³/mol. The highest BCUT2D eigenvalue weighted by molar-refractivity contribution is 7.99. The van der Waals surface area contributed by atoms with Gasteiger partial charge < -0.3 is 15.4 Å². The number of nitrogens with zero attached hydrogens (tertiary/aromatic N) is 3. The smallest absolute Gasteiger partial charge is 0.234 e. The van der Waals surface area contributed by atoms with Gasteiger partial charge in [0.15, 0.2) is 11.0 Å². The van der Waals surface area contributed by atoms with Crippen LogP contribution in [0.15, 0.2) is 78.0 Å². The van der Waals surface area contributed by atoms with Crippen LogP contribution in [0, 0.1) is 6.92 Å². The minimum absolute atomic E-state index is 0.148. The van der Waals surface area contributed by atoms with Crippen LogP contribution in [0.2, 0.25) is 0 Å². The molecular formula is C26H25N5O3S. The number of ether oxygens (including phenoxy) is 1. The molecule has 2 N–H and O–H groups in total. The average molecular weight is 488 g/mol. The van der Waals surface area contributed by atoms with Gasteiger partial charge in [0.1, 0.15) is 5.75 Å². The van der Waals surface area contributed by atoms with Crippen molar-refractivity contribution in [1.29, 1.82) is 0 Å². The predicted octanol–water partition coefficient (Wildman–Crippen LogP) is 4.94. The molecule has 9 heteroatoms. The third kappa shape index (κ3) is 6.07. The van der Waals surface area contributed by atoms with E-state index in [1.165, 1.54) is 18.7 Å². The third-order valence-corrected chi connectivity index (χ3v) is 6.02. The lowest BCUT2D eigenvalue weighted by Crippen LogP contribution is -2.14. The first kappa shape index (κ1) is 24.0. The highest BCUT2D eigenvalue weighted by Gasteiger charge is 2.17. The summed E-state index contributed by atoms with van der Waals surface area (Å²) in [5, 5.41) is 15.0. The summed E-state index contributed by atoms with van der Waals surface area (Å²) in [6.07, 6.45) is 0. The van der Waals surface area contributed by atoms with Gasteiger partial charge in [-0.1, -0.05) is 29.5 Å². The van der Waals surface area contributed by atoms with Crippen LogP contribution in [0.1, 0.15) is 12.5 Å². The molecule has 4 rings (SSSR count). The Morgan fingerprint density at radius 2 is 1.51 bits per heavy atom. The van der Waals surface area contributed by atoms with E-state index >= 15 is 0 Å². The highest BCUT2D eigenvalue weighted by atomic mass is 32.2. The molecule has 0 saturated carbocycles. The molecule has 1 aromatic heterocycles. The molecule has 0 aliphatic heterocycles. The van der Waals surface area contributed by atoms with Crippen LogP contribution < -0.4 is 15.4 Å². The number of rotatable bonds is 8. The van der Waals surface area contributed by atoms with Gasteiger partial charge in [-0.2, -0.15) is 0 Å². The molecule has 1 heterocycles. The van der Waals surface area contributed by atoms with Gasteiger partial charge in [-0.25, -0.2) is 0 Å². The quantitative estimate of drug-likeness (QED) is 0.342. The Labute approximate surface area is 207 Å². The number of nitrogens with one attached hydrogen (secondary N) is 2. The fourth-order valence-electron chi connectivity index (χ4n) is 3.38. The number of carbonyl (C=O) groups is 2. The van der Waals surface area contributed by atoms with Crippen molar-refractivity contribution in [2.75, 3.05) is 23.5 Å². The number of hydrogen-bond acceptors (Lipinski definition) is 6. The number of anilines is 2. The lowest BCUT2D eigenvalue weighted by atomic mass is 10.2. The summed E-state index contributed by atoms with van der Waals surface area (Å²) in [6.45, 7) is 3.48. The second-order valence-corrected chi connectivity index (χ2v) is 8.74. The summed E-state index contributed by atoms with van der Waals surface area (Å²) < 4.78 is 7.21. The molecule has 0 atom stereocenters. The minimum atomic E-state index is -0.174. The van der Waals surface area contributed by atoms with E-state index in [1.54, 1.807) is 31.4 Å². The molecule has 2 amide bonds. The van der Waals surface area contributed by atoms with Crippen LogP contribution in [0.25, 0.3) is 17.1 Å². The molecule has 0 bridgehead atoms. The topological polar surface area (TPSA) is 98.1 Å². The molecule has 35 heavy (non-hydrogen) atoms. The largest absolute Gasteiger partial charge is 0.497 e. The molecule has 0 aliphatic rings. The first-order valence-electron chi connectivity index (χ1n) is 10.9. The Balaban J connectivity index is 1.52. The maximum absolute atomic E-state index is 12.6. The summed E-state index contributed by atoms with van der Waals surface area (Å²) in [5.41, 5.74) is 4.24. The van der Waals surface area contributed by atoms with Crippen LogP contribution in [-0.2, 0) is 9.59 Å². The lowest BCUT2D eigenvalue weighted by molar-refractivity contribution is -0.114.